The van der Waals surface area contributed by atoms with Gasteiger partial charge in [0, 0.05) is 19.4 Å². The van der Waals surface area contributed by atoms with E-state index in [1.54, 1.807) is 23.1 Å². The van der Waals surface area contributed by atoms with Crippen molar-refractivity contribution < 1.29 is 0 Å². The predicted octanol–water partition coefficient (Wildman–Crippen LogP) is 4.12. The number of rotatable bonds is 5. The van der Waals surface area contributed by atoms with E-state index < -0.39 is 0 Å². The van der Waals surface area contributed by atoms with E-state index in [0.29, 0.717) is 0 Å². The molecule has 4 rings (SSSR count). The summed E-state index contributed by atoms with van der Waals surface area (Å²) in [5.74, 6) is 0.722. The lowest BCUT2D eigenvalue weighted by Gasteiger charge is -2.08. The van der Waals surface area contributed by atoms with Gasteiger partial charge in [-0.15, -0.1) is 11.8 Å². The van der Waals surface area contributed by atoms with Crippen LogP contribution in [0.3, 0.4) is 0 Å². The molecule has 4 heterocycles. The fraction of sp³-hybridized carbons (Fsp3) is 0.200. The van der Waals surface area contributed by atoms with Crippen molar-refractivity contribution in [3.63, 3.8) is 0 Å². The van der Waals surface area contributed by atoms with Gasteiger partial charge in [0.1, 0.15) is 10.0 Å². The highest BCUT2D eigenvalue weighted by molar-refractivity contribution is 7.98. The lowest BCUT2D eigenvalue weighted by molar-refractivity contribution is 1.03. The molecule has 2 N–H and O–H groups in total. The van der Waals surface area contributed by atoms with E-state index in [1.807, 2.05) is 44.9 Å². The average Bonchev–Trinajstić information content (AvgIpc) is 3.33. The zero-order valence-electron chi connectivity index (χ0n) is 13.8. The van der Waals surface area contributed by atoms with E-state index in [0.717, 1.165) is 42.9 Å². The van der Waals surface area contributed by atoms with Gasteiger partial charge in [-0.2, -0.15) is 4.37 Å². The second kappa shape index (κ2) is 6.62. The Balaban J connectivity index is 1.83. The van der Waals surface area contributed by atoms with Crippen LogP contribution in [0.1, 0.15) is 5.69 Å². The van der Waals surface area contributed by atoms with Crippen molar-refractivity contribution in [3.8, 4) is 10.6 Å². The molecule has 0 aromatic carbocycles. The SMILES string of the molecule is CNc1ncc(-c2cnc3c(Nc4cc(C)ns4)nc(SC)cn23)s1. The van der Waals surface area contributed by atoms with Gasteiger partial charge in [-0.05, 0) is 30.8 Å². The number of aryl methyl sites for hydroxylation is 1. The van der Waals surface area contributed by atoms with E-state index in [4.69, 9.17) is 0 Å². The van der Waals surface area contributed by atoms with Crippen molar-refractivity contribution in [1.82, 2.24) is 23.7 Å². The Kier molecular flexibility index (Phi) is 4.32. The summed E-state index contributed by atoms with van der Waals surface area (Å²) in [6, 6.07) is 2.00. The molecule has 0 atom stereocenters. The summed E-state index contributed by atoms with van der Waals surface area (Å²) < 4.78 is 6.36. The number of aromatic nitrogens is 5. The van der Waals surface area contributed by atoms with Gasteiger partial charge in [-0.3, -0.25) is 4.40 Å². The third kappa shape index (κ3) is 3.08. The van der Waals surface area contributed by atoms with Crippen molar-refractivity contribution >= 4 is 56.2 Å². The van der Waals surface area contributed by atoms with Gasteiger partial charge in [0.25, 0.3) is 0 Å². The largest absolute Gasteiger partial charge is 0.365 e. The third-order valence-electron chi connectivity index (χ3n) is 3.52. The Morgan fingerprint density at radius 3 is 2.80 bits per heavy atom. The molecule has 0 bridgehead atoms. The molecule has 4 aromatic rings. The van der Waals surface area contributed by atoms with Crippen LogP contribution in [0.4, 0.5) is 16.0 Å². The number of nitrogens with zero attached hydrogens (tertiary/aromatic N) is 5. The number of anilines is 3. The van der Waals surface area contributed by atoms with Crippen LogP contribution in [-0.2, 0) is 0 Å². The number of thiazole rings is 1. The first kappa shape index (κ1) is 16.3. The average molecular weight is 390 g/mol. The van der Waals surface area contributed by atoms with Gasteiger partial charge in [-0.25, -0.2) is 15.0 Å². The lowest BCUT2D eigenvalue weighted by atomic mass is 10.4. The van der Waals surface area contributed by atoms with Crippen LogP contribution in [0.15, 0.2) is 29.7 Å². The van der Waals surface area contributed by atoms with E-state index in [2.05, 4.69) is 34.4 Å². The molecule has 0 radical (unpaired) electrons. The first-order valence-electron chi connectivity index (χ1n) is 7.44. The van der Waals surface area contributed by atoms with Crippen molar-refractivity contribution in [2.24, 2.45) is 0 Å². The molecule has 0 unspecified atom stereocenters. The zero-order chi connectivity index (χ0) is 17.4. The van der Waals surface area contributed by atoms with Gasteiger partial charge in [0.15, 0.2) is 16.6 Å². The molecule has 0 saturated heterocycles. The minimum absolute atomic E-state index is 0.722. The molecular weight excluding hydrogens is 374 g/mol. The molecule has 10 heteroatoms. The van der Waals surface area contributed by atoms with Gasteiger partial charge >= 0.3 is 0 Å². The Morgan fingerprint density at radius 1 is 1.24 bits per heavy atom. The van der Waals surface area contributed by atoms with E-state index in [9.17, 15) is 0 Å². The fourth-order valence-electron chi connectivity index (χ4n) is 2.38. The third-order valence-corrected chi connectivity index (χ3v) is 5.97. The van der Waals surface area contributed by atoms with Gasteiger partial charge in [-0.1, -0.05) is 11.3 Å². The number of hydrogen-bond donors (Lipinski definition) is 2. The van der Waals surface area contributed by atoms with Crippen molar-refractivity contribution in [1.29, 1.82) is 0 Å². The second-order valence-electron chi connectivity index (χ2n) is 5.21. The quantitative estimate of drug-likeness (QED) is 0.497. The molecule has 0 saturated carbocycles. The normalized spacial score (nSPS) is 11.2. The van der Waals surface area contributed by atoms with Crippen LogP contribution in [0, 0.1) is 6.92 Å². The highest BCUT2D eigenvalue weighted by Gasteiger charge is 2.15. The molecule has 0 fully saturated rings. The van der Waals surface area contributed by atoms with Crippen LogP contribution in [0.2, 0.25) is 0 Å². The maximum Gasteiger partial charge on any atom is 0.182 e. The van der Waals surface area contributed by atoms with Crippen LogP contribution in [-0.4, -0.2) is 37.0 Å². The molecule has 25 heavy (non-hydrogen) atoms. The summed E-state index contributed by atoms with van der Waals surface area (Å²) in [6.07, 6.45) is 7.73. The summed E-state index contributed by atoms with van der Waals surface area (Å²) in [4.78, 5) is 14.7. The fourth-order valence-corrected chi connectivity index (χ4v) is 4.21. The number of nitrogens with one attached hydrogen (secondary N) is 2. The molecule has 0 amide bonds. The minimum atomic E-state index is 0.722. The van der Waals surface area contributed by atoms with Gasteiger partial charge in [0.2, 0.25) is 0 Å². The summed E-state index contributed by atoms with van der Waals surface area (Å²) >= 11 is 4.60. The highest BCUT2D eigenvalue weighted by atomic mass is 32.2. The molecule has 4 aromatic heterocycles. The number of imidazole rings is 1. The highest BCUT2D eigenvalue weighted by Crippen LogP contribution is 2.32. The first-order valence-corrected chi connectivity index (χ1v) is 10.3. The number of thioether (sulfide) groups is 1. The van der Waals surface area contributed by atoms with Gasteiger partial charge in [0.05, 0.1) is 22.5 Å². The van der Waals surface area contributed by atoms with Gasteiger partial charge < -0.3 is 10.6 Å². The maximum atomic E-state index is 4.68. The summed E-state index contributed by atoms with van der Waals surface area (Å²) in [6.45, 7) is 1.97. The maximum absolute atomic E-state index is 4.68. The summed E-state index contributed by atoms with van der Waals surface area (Å²) in [7, 11) is 1.87. The topological polar surface area (TPSA) is 80.0 Å². The van der Waals surface area contributed by atoms with Crippen molar-refractivity contribution in [3.05, 3.63) is 30.4 Å². The number of fused-ring (bicyclic) bond motifs is 1. The van der Waals surface area contributed by atoms with Crippen molar-refractivity contribution in [2.45, 2.75) is 11.9 Å². The Labute approximate surface area is 156 Å². The Morgan fingerprint density at radius 2 is 2.12 bits per heavy atom. The minimum Gasteiger partial charge on any atom is -0.365 e. The smallest absolute Gasteiger partial charge is 0.182 e. The number of hydrogen-bond acceptors (Lipinski definition) is 9. The predicted molar refractivity (Wildman–Crippen MR) is 106 cm³/mol. The second-order valence-corrected chi connectivity index (χ2v) is 7.87. The van der Waals surface area contributed by atoms with E-state index in [-0.39, 0.29) is 0 Å². The monoisotopic (exact) mass is 389 g/mol. The molecule has 0 aliphatic rings. The molecule has 0 aliphatic carbocycles. The molecule has 0 aliphatic heterocycles. The van der Waals surface area contributed by atoms with Crippen LogP contribution in [0.5, 0.6) is 0 Å². The molecule has 7 nitrogen and oxygen atoms in total. The van der Waals surface area contributed by atoms with Crippen LogP contribution < -0.4 is 10.6 Å². The molecular formula is C15H15N7S3. The standard InChI is InChI=1S/C15H15N7S3/c1-8-4-11(25-21-8)19-13-14-17-5-9(10-6-18-15(16-2)24-10)22(14)7-12(20-13)23-3/h4-7H,1-3H3,(H,16,18)(H,19,20). The Hall–Kier alpha value is -2.17. The van der Waals surface area contributed by atoms with Crippen LogP contribution >= 0.6 is 34.6 Å². The zero-order valence-corrected chi connectivity index (χ0v) is 16.2. The molecule has 0 spiro atoms. The Bertz CT molecular complexity index is 1030. The molecule has 128 valence electrons. The summed E-state index contributed by atoms with van der Waals surface area (Å²) in [5, 5.41) is 9.15. The van der Waals surface area contributed by atoms with Crippen LogP contribution in [0.25, 0.3) is 16.2 Å². The van der Waals surface area contributed by atoms with Crippen molar-refractivity contribution in [2.75, 3.05) is 23.9 Å². The summed E-state index contributed by atoms with van der Waals surface area (Å²) in [5.41, 5.74) is 2.76. The first-order chi connectivity index (χ1) is 12.2. The lowest BCUT2D eigenvalue weighted by Crippen LogP contribution is -1.99. The van der Waals surface area contributed by atoms with E-state index >= 15 is 0 Å². The van der Waals surface area contributed by atoms with E-state index in [1.165, 1.54) is 11.5 Å².